The Morgan fingerprint density at radius 3 is 2.50 bits per heavy atom. The zero-order chi connectivity index (χ0) is 15.8. The molecule has 5 nitrogen and oxygen atoms in total. The number of aryl methyl sites for hydroxylation is 1. The Morgan fingerprint density at radius 1 is 1.14 bits per heavy atom. The van der Waals surface area contributed by atoms with Crippen LogP contribution in [0.1, 0.15) is 24.0 Å². The minimum absolute atomic E-state index is 0.0823. The van der Waals surface area contributed by atoms with E-state index in [1.54, 1.807) is 36.8 Å². The Kier molecular flexibility index (Phi) is 6.09. The fraction of sp³-hybridized carbons (Fsp3) is 0.400. The lowest BCUT2D eigenvalue weighted by Crippen LogP contribution is -2.26. The van der Waals surface area contributed by atoms with Gasteiger partial charge in [-0.25, -0.2) is 22.5 Å². The van der Waals surface area contributed by atoms with E-state index in [1.807, 2.05) is 10.8 Å². The number of rotatable bonds is 9. The first-order valence-electron chi connectivity index (χ1n) is 7.16. The SMILES string of the molecule is O=S(=O)(Cc1ccc(CF)cc1)NCCCCn1ccnc1. The number of benzene rings is 1. The van der Waals surface area contributed by atoms with Crippen molar-refractivity contribution < 1.29 is 12.8 Å². The molecule has 1 heterocycles. The Labute approximate surface area is 130 Å². The molecule has 0 aliphatic rings. The van der Waals surface area contributed by atoms with Crippen LogP contribution in [-0.2, 0) is 29.0 Å². The van der Waals surface area contributed by atoms with Gasteiger partial charge in [-0.3, -0.25) is 0 Å². The van der Waals surface area contributed by atoms with Gasteiger partial charge in [0.05, 0.1) is 12.1 Å². The number of hydrogen-bond acceptors (Lipinski definition) is 3. The van der Waals surface area contributed by atoms with Gasteiger partial charge in [-0.15, -0.1) is 0 Å². The Hall–Kier alpha value is -1.73. The average molecular weight is 325 g/mol. The van der Waals surface area contributed by atoms with E-state index in [0.29, 0.717) is 17.7 Å². The topological polar surface area (TPSA) is 64.0 Å². The smallest absolute Gasteiger partial charge is 0.215 e. The molecule has 120 valence electrons. The van der Waals surface area contributed by atoms with Crippen molar-refractivity contribution in [2.75, 3.05) is 6.54 Å². The van der Waals surface area contributed by atoms with E-state index < -0.39 is 16.7 Å². The number of hydrogen-bond donors (Lipinski definition) is 1. The quantitative estimate of drug-likeness (QED) is 0.719. The molecule has 0 radical (unpaired) electrons. The molecule has 22 heavy (non-hydrogen) atoms. The van der Waals surface area contributed by atoms with Gasteiger partial charge in [0.1, 0.15) is 6.67 Å². The third-order valence-electron chi connectivity index (χ3n) is 3.26. The summed E-state index contributed by atoms with van der Waals surface area (Å²) in [5.41, 5.74) is 1.21. The molecule has 0 amide bonds. The zero-order valence-electron chi connectivity index (χ0n) is 12.3. The zero-order valence-corrected chi connectivity index (χ0v) is 13.1. The molecule has 2 aromatic rings. The van der Waals surface area contributed by atoms with Crippen molar-refractivity contribution in [3.8, 4) is 0 Å². The normalized spacial score (nSPS) is 11.7. The highest BCUT2D eigenvalue weighted by Crippen LogP contribution is 2.09. The fourth-order valence-electron chi connectivity index (χ4n) is 2.06. The maximum Gasteiger partial charge on any atom is 0.215 e. The molecular formula is C15H20FN3O2S. The number of nitrogens with zero attached hydrogens (tertiary/aromatic N) is 2. The highest BCUT2D eigenvalue weighted by Gasteiger charge is 2.10. The first kappa shape index (κ1) is 16.6. The van der Waals surface area contributed by atoms with Crippen molar-refractivity contribution in [3.05, 3.63) is 54.1 Å². The summed E-state index contributed by atoms with van der Waals surface area (Å²) in [5, 5.41) is 0. The molecule has 2 rings (SSSR count). The number of sulfonamides is 1. The van der Waals surface area contributed by atoms with Crippen LogP contribution in [-0.4, -0.2) is 24.5 Å². The molecule has 0 saturated heterocycles. The minimum Gasteiger partial charge on any atom is -0.337 e. The van der Waals surface area contributed by atoms with Crippen LogP contribution in [0.2, 0.25) is 0 Å². The first-order chi connectivity index (χ1) is 10.6. The van der Waals surface area contributed by atoms with Gasteiger partial charge in [-0.1, -0.05) is 24.3 Å². The summed E-state index contributed by atoms with van der Waals surface area (Å²) in [7, 11) is -3.35. The molecule has 7 heteroatoms. The molecule has 0 bridgehead atoms. The van der Waals surface area contributed by atoms with Gasteiger partial charge in [0.15, 0.2) is 0 Å². The van der Waals surface area contributed by atoms with Gasteiger partial charge in [0, 0.05) is 25.5 Å². The second-order valence-electron chi connectivity index (χ2n) is 5.11. The largest absolute Gasteiger partial charge is 0.337 e. The molecule has 0 unspecified atom stereocenters. The lowest BCUT2D eigenvalue weighted by molar-refractivity contribution is 0.485. The highest BCUT2D eigenvalue weighted by molar-refractivity contribution is 7.88. The lowest BCUT2D eigenvalue weighted by Gasteiger charge is -2.07. The van der Waals surface area contributed by atoms with Crippen LogP contribution >= 0.6 is 0 Å². The average Bonchev–Trinajstić information content (AvgIpc) is 3.00. The molecule has 0 spiro atoms. The van der Waals surface area contributed by atoms with E-state index in [9.17, 15) is 12.8 Å². The standard InChI is InChI=1S/C15H20FN3O2S/c16-11-14-3-5-15(6-4-14)12-22(20,21)18-7-1-2-9-19-10-8-17-13-19/h3-6,8,10,13,18H,1-2,7,9,11-12H2. The third-order valence-corrected chi connectivity index (χ3v) is 4.62. The van der Waals surface area contributed by atoms with Crippen LogP contribution in [0.15, 0.2) is 43.0 Å². The van der Waals surface area contributed by atoms with E-state index in [4.69, 9.17) is 0 Å². The van der Waals surface area contributed by atoms with E-state index in [0.717, 1.165) is 19.4 Å². The van der Waals surface area contributed by atoms with Gasteiger partial charge in [-0.05, 0) is 24.0 Å². The molecule has 1 N–H and O–H groups in total. The van der Waals surface area contributed by atoms with Crippen LogP contribution in [0.4, 0.5) is 4.39 Å². The minimum atomic E-state index is -3.35. The Bertz CT molecular complexity index is 655. The number of halogens is 1. The van der Waals surface area contributed by atoms with E-state index in [1.165, 1.54) is 0 Å². The second-order valence-corrected chi connectivity index (χ2v) is 6.92. The van der Waals surface area contributed by atoms with Gasteiger partial charge in [0.25, 0.3) is 0 Å². The van der Waals surface area contributed by atoms with Crippen molar-refractivity contribution in [2.24, 2.45) is 0 Å². The van der Waals surface area contributed by atoms with Crippen LogP contribution in [0.5, 0.6) is 0 Å². The molecule has 1 aromatic carbocycles. The maximum absolute atomic E-state index is 12.4. The van der Waals surface area contributed by atoms with Gasteiger partial charge in [0.2, 0.25) is 10.0 Å². The monoisotopic (exact) mass is 325 g/mol. The Morgan fingerprint density at radius 2 is 1.86 bits per heavy atom. The molecule has 0 fully saturated rings. The summed E-state index contributed by atoms with van der Waals surface area (Å²) in [6.07, 6.45) is 6.98. The number of unbranched alkanes of at least 4 members (excludes halogenated alkanes) is 1. The number of nitrogens with one attached hydrogen (secondary N) is 1. The molecule has 0 atom stereocenters. The molecule has 0 saturated carbocycles. The van der Waals surface area contributed by atoms with Crippen LogP contribution in [0, 0.1) is 0 Å². The van der Waals surface area contributed by atoms with Crippen molar-refractivity contribution in [3.63, 3.8) is 0 Å². The number of imidazole rings is 1. The van der Waals surface area contributed by atoms with Crippen LogP contribution < -0.4 is 4.72 Å². The summed E-state index contributed by atoms with van der Waals surface area (Å²) in [5.74, 6) is -0.0823. The van der Waals surface area contributed by atoms with Crippen molar-refractivity contribution in [1.82, 2.24) is 14.3 Å². The predicted octanol–water partition coefficient (Wildman–Crippen LogP) is 2.25. The Balaban J connectivity index is 1.71. The number of aromatic nitrogens is 2. The first-order valence-corrected chi connectivity index (χ1v) is 8.81. The van der Waals surface area contributed by atoms with Crippen LogP contribution in [0.3, 0.4) is 0 Å². The van der Waals surface area contributed by atoms with Crippen LogP contribution in [0.25, 0.3) is 0 Å². The summed E-state index contributed by atoms with van der Waals surface area (Å²) >= 11 is 0. The van der Waals surface area contributed by atoms with Gasteiger partial charge in [-0.2, -0.15) is 0 Å². The van der Waals surface area contributed by atoms with E-state index in [2.05, 4.69) is 9.71 Å². The molecule has 0 aliphatic carbocycles. The van der Waals surface area contributed by atoms with Crippen molar-refractivity contribution in [2.45, 2.75) is 31.8 Å². The fourth-order valence-corrected chi connectivity index (χ4v) is 3.25. The number of alkyl halides is 1. The molecule has 1 aromatic heterocycles. The summed E-state index contributed by atoms with van der Waals surface area (Å²) in [6.45, 7) is 0.703. The second kappa shape index (κ2) is 8.05. The van der Waals surface area contributed by atoms with Gasteiger partial charge >= 0.3 is 0 Å². The summed E-state index contributed by atoms with van der Waals surface area (Å²) in [6, 6.07) is 6.51. The highest BCUT2D eigenvalue weighted by atomic mass is 32.2. The summed E-state index contributed by atoms with van der Waals surface area (Å²) < 4.78 is 40.8. The molecule has 0 aliphatic heterocycles. The maximum atomic E-state index is 12.4. The van der Waals surface area contributed by atoms with E-state index in [-0.39, 0.29) is 5.75 Å². The third kappa shape index (κ3) is 5.57. The molecular weight excluding hydrogens is 305 g/mol. The summed E-state index contributed by atoms with van der Waals surface area (Å²) in [4.78, 5) is 3.95. The lowest BCUT2D eigenvalue weighted by atomic mass is 10.2. The van der Waals surface area contributed by atoms with Gasteiger partial charge < -0.3 is 4.57 Å². The van der Waals surface area contributed by atoms with E-state index >= 15 is 0 Å². The van der Waals surface area contributed by atoms with Crippen molar-refractivity contribution in [1.29, 1.82) is 0 Å². The predicted molar refractivity (Wildman–Crippen MR) is 83.3 cm³/mol. The van der Waals surface area contributed by atoms with Crippen molar-refractivity contribution >= 4 is 10.0 Å².